The SMILES string of the molecule is O=C(CC1CCCCC1)NCC(=O)N1CCC(C(=O)N2CCOCC2)CC1. The number of carbonyl (C=O) groups is 3. The maximum absolute atomic E-state index is 12.5. The largest absolute Gasteiger partial charge is 0.378 e. The molecule has 2 saturated heterocycles. The molecule has 152 valence electrons. The van der Waals surface area contributed by atoms with Gasteiger partial charge in [0.25, 0.3) is 0 Å². The molecule has 27 heavy (non-hydrogen) atoms. The second-order valence-corrected chi connectivity index (χ2v) is 8.08. The highest BCUT2D eigenvalue weighted by atomic mass is 16.5. The van der Waals surface area contributed by atoms with Crippen molar-refractivity contribution in [2.45, 2.75) is 51.4 Å². The van der Waals surface area contributed by atoms with Gasteiger partial charge in [0, 0.05) is 38.5 Å². The molecule has 3 amide bonds. The first kappa shape index (κ1) is 20.1. The predicted molar refractivity (Wildman–Crippen MR) is 101 cm³/mol. The number of hydrogen-bond donors (Lipinski definition) is 1. The molecule has 0 unspecified atom stereocenters. The summed E-state index contributed by atoms with van der Waals surface area (Å²) in [6.45, 7) is 3.84. The Hall–Kier alpha value is -1.63. The summed E-state index contributed by atoms with van der Waals surface area (Å²) in [6, 6.07) is 0. The zero-order chi connectivity index (χ0) is 19.1. The minimum absolute atomic E-state index is 0.00682. The fourth-order valence-electron chi connectivity index (χ4n) is 4.43. The molecular formula is C20H33N3O4. The monoisotopic (exact) mass is 379 g/mol. The van der Waals surface area contributed by atoms with E-state index in [4.69, 9.17) is 4.74 Å². The van der Waals surface area contributed by atoms with E-state index < -0.39 is 0 Å². The molecule has 0 aromatic rings. The van der Waals surface area contributed by atoms with E-state index in [0.29, 0.717) is 64.6 Å². The lowest BCUT2D eigenvalue weighted by Gasteiger charge is -2.35. The van der Waals surface area contributed by atoms with Crippen LogP contribution in [0.1, 0.15) is 51.4 Å². The van der Waals surface area contributed by atoms with Crippen molar-refractivity contribution >= 4 is 17.7 Å². The van der Waals surface area contributed by atoms with E-state index in [1.54, 1.807) is 4.90 Å². The second kappa shape index (κ2) is 10.1. The molecule has 1 aliphatic carbocycles. The highest BCUT2D eigenvalue weighted by Crippen LogP contribution is 2.26. The van der Waals surface area contributed by atoms with Crippen molar-refractivity contribution in [3.05, 3.63) is 0 Å². The number of nitrogens with zero attached hydrogens (tertiary/aromatic N) is 2. The summed E-state index contributed by atoms with van der Waals surface area (Å²) in [5, 5.41) is 2.79. The van der Waals surface area contributed by atoms with E-state index in [2.05, 4.69) is 5.32 Å². The highest BCUT2D eigenvalue weighted by Gasteiger charge is 2.31. The number of morpholine rings is 1. The average molecular weight is 380 g/mol. The molecule has 0 atom stereocenters. The first-order valence-corrected chi connectivity index (χ1v) is 10.5. The van der Waals surface area contributed by atoms with Crippen LogP contribution < -0.4 is 5.32 Å². The Kier molecular flexibility index (Phi) is 7.50. The van der Waals surface area contributed by atoms with E-state index in [-0.39, 0.29) is 30.2 Å². The Labute approximate surface area is 161 Å². The van der Waals surface area contributed by atoms with Crippen LogP contribution in [0.15, 0.2) is 0 Å². The summed E-state index contributed by atoms with van der Waals surface area (Å²) in [6.07, 6.45) is 7.93. The molecule has 0 bridgehead atoms. The third-order valence-corrected chi connectivity index (χ3v) is 6.16. The number of likely N-dealkylation sites (tertiary alicyclic amines) is 1. The number of hydrogen-bond acceptors (Lipinski definition) is 4. The van der Waals surface area contributed by atoms with Gasteiger partial charge in [0.15, 0.2) is 0 Å². The third kappa shape index (κ3) is 5.92. The summed E-state index contributed by atoms with van der Waals surface area (Å²) in [7, 11) is 0. The molecule has 7 nitrogen and oxygen atoms in total. The summed E-state index contributed by atoms with van der Waals surface area (Å²) < 4.78 is 5.30. The molecule has 7 heteroatoms. The Morgan fingerprint density at radius 2 is 1.52 bits per heavy atom. The van der Waals surface area contributed by atoms with Gasteiger partial charge in [0.1, 0.15) is 0 Å². The summed E-state index contributed by atoms with van der Waals surface area (Å²) in [5.41, 5.74) is 0. The molecular weight excluding hydrogens is 346 g/mol. The lowest BCUT2D eigenvalue weighted by molar-refractivity contribution is -0.143. The topological polar surface area (TPSA) is 79.0 Å². The van der Waals surface area contributed by atoms with Crippen molar-refractivity contribution in [1.82, 2.24) is 15.1 Å². The quantitative estimate of drug-likeness (QED) is 0.778. The second-order valence-electron chi connectivity index (χ2n) is 8.08. The zero-order valence-corrected chi connectivity index (χ0v) is 16.3. The molecule has 3 aliphatic rings. The van der Waals surface area contributed by atoms with E-state index in [1.807, 2.05) is 4.90 Å². The van der Waals surface area contributed by atoms with Crippen LogP contribution in [0.5, 0.6) is 0 Å². The summed E-state index contributed by atoms with van der Waals surface area (Å²) >= 11 is 0. The molecule has 0 radical (unpaired) electrons. The Bertz CT molecular complexity index is 519. The van der Waals surface area contributed by atoms with Crippen LogP contribution in [0.25, 0.3) is 0 Å². The molecule has 3 rings (SSSR count). The van der Waals surface area contributed by atoms with Gasteiger partial charge in [0.2, 0.25) is 17.7 Å². The number of amides is 3. The van der Waals surface area contributed by atoms with Crippen LogP contribution in [0.3, 0.4) is 0 Å². The Morgan fingerprint density at radius 1 is 0.852 bits per heavy atom. The number of carbonyl (C=O) groups excluding carboxylic acids is 3. The Balaban J connectivity index is 1.34. The van der Waals surface area contributed by atoms with Crippen LogP contribution >= 0.6 is 0 Å². The van der Waals surface area contributed by atoms with Crippen LogP contribution in [0.4, 0.5) is 0 Å². The fraction of sp³-hybridized carbons (Fsp3) is 0.850. The number of ether oxygens (including phenoxy) is 1. The van der Waals surface area contributed by atoms with Gasteiger partial charge in [-0.2, -0.15) is 0 Å². The molecule has 1 saturated carbocycles. The van der Waals surface area contributed by atoms with Gasteiger partial charge in [0.05, 0.1) is 19.8 Å². The van der Waals surface area contributed by atoms with Crippen molar-refractivity contribution in [3.63, 3.8) is 0 Å². The van der Waals surface area contributed by atoms with Crippen LogP contribution in [-0.2, 0) is 19.1 Å². The van der Waals surface area contributed by atoms with E-state index in [9.17, 15) is 14.4 Å². The van der Waals surface area contributed by atoms with E-state index in [1.165, 1.54) is 19.3 Å². The molecule has 0 spiro atoms. The number of nitrogens with one attached hydrogen (secondary N) is 1. The van der Waals surface area contributed by atoms with Crippen molar-refractivity contribution in [3.8, 4) is 0 Å². The lowest BCUT2D eigenvalue weighted by atomic mass is 9.87. The summed E-state index contributed by atoms with van der Waals surface area (Å²) in [4.78, 5) is 40.7. The number of piperidine rings is 1. The molecule has 2 heterocycles. The third-order valence-electron chi connectivity index (χ3n) is 6.16. The first-order valence-electron chi connectivity index (χ1n) is 10.5. The van der Waals surface area contributed by atoms with E-state index >= 15 is 0 Å². The van der Waals surface area contributed by atoms with Gasteiger partial charge >= 0.3 is 0 Å². The van der Waals surface area contributed by atoms with Gasteiger partial charge in [-0.3, -0.25) is 14.4 Å². The first-order chi connectivity index (χ1) is 13.1. The van der Waals surface area contributed by atoms with Crippen molar-refractivity contribution in [2.75, 3.05) is 45.9 Å². The maximum Gasteiger partial charge on any atom is 0.241 e. The lowest BCUT2D eigenvalue weighted by Crippen LogP contribution is -2.49. The Morgan fingerprint density at radius 3 is 2.19 bits per heavy atom. The molecule has 0 aromatic heterocycles. The van der Waals surface area contributed by atoms with Crippen LogP contribution in [0, 0.1) is 11.8 Å². The molecule has 0 aromatic carbocycles. The molecule has 3 fully saturated rings. The highest BCUT2D eigenvalue weighted by molar-refractivity contribution is 5.85. The smallest absolute Gasteiger partial charge is 0.241 e. The minimum atomic E-state index is -0.0377. The standard InChI is InChI=1S/C20H33N3O4/c24-18(14-16-4-2-1-3-5-16)21-15-19(25)22-8-6-17(7-9-22)20(26)23-10-12-27-13-11-23/h16-17H,1-15H2,(H,21,24). The molecule has 1 N–H and O–H groups in total. The van der Waals surface area contributed by atoms with Crippen molar-refractivity contribution in [2.24, 2.45) is 11.8 Å². The minimum Gasteiger partial charge on any atom is -0.378 e. The van der Waals surface area contributed by atoms with E-state index in [0.717, 1.165) is 12.8 Å². The number of rotatable bonds is 5. The van der Waals surface area contributed by atoms with Crippen LogP contribution in [-0.4, -0.2) is 73.5 Å². The van der Waals surface area contributed by atoms with Gasteiger partial charge in [-0.15, -0.1) is 0 Å². The molecule has 2 aliphatic heterocycles. The zero-order valence-electron chi connectivity index (χ0n) is 16.3. The van der Waals surface area contributed by atoms with Crippen molar-refractivity contribution < 1.29 is 19.1 Å². The van der Waals surface area contributed by atoms with Crippen molar-refractivity contribution in [1.29, 1.82) is 0 Å². The maximum atomic E-state index is 12.5. The predicted octanol–water partition coefficient (Wildman–Crippen LogP) is 1.17. The van der Waals surface area contributed by atoms with Crippen LogP contribution in [0.2, 0.25) is 0 Å². The summed E-state index contributed by atoms with van der Waals surface area (Å²) in [5.74, 6) is 0.645. The van der Waals surface area contributed by atoms with Gasteiger partial charge in [-0.25, -0.2) is 0 Å². The average Bonchev–Trinajstić information content (AvgIpc) is 2.73. The van der Waals surface area contributed by atoms with Gasteiger partial charge < -0.3 is 19.9 Å². The fourth-order valence-corrected chi connectivity index (χ4v) is 4.43. The van der Waals surface area contributed by atoms with Gasteiger partial charge in [-0.1, -0.05) is 19.3 Å². The normalized spacial score (nSPS) is 22.5. The van der Waals surface area contributed by atoms with Gasteiger partial charge in [-0.05, 0) is 31.6 Å².